The van der Waals surface area contributed by atoms with E-state index in [1.54, 1.807) is 18.5 Å². The first-order valence-electron chi connectivity index (χ1n) is 9.07. The Balaban J connectivity index is 1.38. The van der Waals surface area contributed by atoms with Gasteiger partial charge in [0.25, 0.3) is 0 Å². The summed E-state index contributed by atoms with van der Waals surface area (Å²) in [5.74, 6) is 1.94. The van der Waals surface area contributed by atoms with Crippen LogP contribution in [-0.2, 0) is 17.9 Å². The van der Waals surface area contributed by atoms with Crippen LogP contribution in [0.3, 0.4) is 0 Å². The third-order valence-electron chi connectivity index (χ3n) is 4.98. The van der Waals surface area contributed by atoms with Crippen LogP contribution in [0, 0.1) is 11.8 Å². The van der Waals surface area contributed by atoms with Crippen molar-refractivity contribution in [1.82, 2.24) is 24.6 Å². The molecule has 0 spiro atoms. The lowest BCUT2D eigenvalue weighted by atomic mass is 10.0. The van der Waals surface area contributed by atoms with Crippen molar-refractivity contribution in [3.05, 3.63) is 36.4 Å². The summed E-state index contributed by atoms with van der Waals surface area (Å²) in [6.07, 6.45) is 9.37. The van der Waals surface area contributed by atoms with E-state index in [1.165, 1.54) is 12.8 Å². The molecule has 0 bridgehead atoms. The summed E-state index contributed by atoms with van der Waals surface area (Å²) < 4.78 is 2.05. The topological polar surface area (TPSA) is 75.9 Å². The molecule has 1 N–H and O–H groups in total. The molecule has 0 saturated heterocycles. The van der Waals surface area contributed by atoms with E-state index in [-0.39, 0.29) is 0 Å². The average molecular weight is 340 g/mol. The molecule has 132 valence electrons. The van der Waals surface area contributed by atoms with Gasteiger partial charge >= 0.3 is 0 Å². The Hall–Kier alpha value is -2.44. The van der Waals surface area contributed by atoms with Gasteiger partial charge in [0.05, 0.1) is 12.2 Å². The zero-order valence-electron chi connectivity index (χ0n) is 14.3. The first-order valence-corrected chi connectivity index (χ1v) is 9.07. The summed E-state index contributed by atoms with van der Waals surface area (Å²) in [7, 11) is 0. The molecule has 1 fully saturated rings. The third-order valence-corrected chi connectivity index (χ3v) is 4.98. The second kappa shape index (κ2) is 7.21. The van der Waals surface area contributed by atoms with E-state index in [2.05, 4.69) is 20.4 Å². The second-order valence-electron chi connectivity index (χ2n) is 7.08. The lowest BCUT2D eigenvalue weighted by Crippen LogP contribution is -2.34. The molecule has 0 radical (unpaired) electrons. The zero-order chi connectivity index (χ0) is 17.1. The normalized spacial score (nSPS) is 20.0. The molecular weight excluding hydrogens is 316 g/mol. The number of hydrogen-bond donors (Lipinski definition) is 1. The Morgan fingerprint density at radius 2 is 2.00 bits per heavy atom. The summed E-state index contributed by atoms with van der Waals surface area (Å²) in [5, 5.41) is 7.69. The van der Waals surface area contributed by atoms with E-state index in [1.807, 2.05) is 21.8 Å². The Morgan fingerprint density at radius 1 is 1.16 bits per heavy atom. The van der Waals surface area contributed by atoms with Crippen molar-refractivity contribution in [3.8, 4) is 0 Å². The van der Waals surface area contributed by atoms with E-state index in [0.29, 0.717) is 36.7 Å². The molecule has 25 heavy (non-hydrogen) atoms. The van der Waals surface area contributed by atoms with Crippen molar-refractivity contribution in [2.75, 3.05) is 18.4 Å². The van der Waals surface area contributed by atoms with E-state index in [4.69, 9.17) is 0 Å². The number of hydrogen-bond acceptors (Lipinski definition) is 5. The van der Waals surface area contributed by atoms with E-state index in [0.717, 1.165) is 31.7 Å². The minimum Gasteiger partial charge on any atom is -0.354 e. The van der Waals surface area contributed by atoms with Crippen molar-refractivity contribution in [2.45, 2.75) is 38.8 Å². The molecule has 1 aliphatic carbocycles. The smallest absolute Gasteiger partial charge is 0.223 e. The van der Waals surface area contributed by atoms with Crippen LogP contribution in [-0.4, -0.2) is 43.6 Å². The van der Waals surface area contributed by atoms with Gasteiger partial charge in [0.1, 0.15) is 0 Å². The quantitative estimate of drug-likeness (QED) is 0.870. The van der Waals surface area contributed by atoms with Crippen LogP contribution in [0.5, 0.6) is 0 Å². The third kappa shape index (κ3) is 4.15. The van der Waals surface area contributed by atoms with Gasteiger partial charge in [0.15, 0.2) is 0 Å². The van der Waals surface area contributed by atoms with E-state index < -0.39 is 0 Å². The molecule has 1 amide bonds. The van der Waals surface area contributed by atoms with Crippen LogP contribution in [0.2, 0.25) is 0 Å². The van der Waals surface area contributed by atoms with E-state index >= 15 is 0 Å². The van der Waals surface area contributed by atoms with Crippen molar-refractivity contribution < 1.29 is 4.79 Å². The number of carbonyl (C=O) groups is 1. The van der Waals surface area contributed by atoms with Crippen molar-refractivity contribution in [3.63, 3.8) is 0 Å². The number of nitrogens with one attached hydrogen (secondary N) is 1. The van der Waals surface area contributed by atoms with Crippen LogP contribution in [0.1, 0.15) is 31.4 Å². The highest BCUT2D eigenvalue weighted by Crippen LogP contribution is 2.33. The molecular formula is C18H24N6O. The molecule has 7 heteroatoms. The second-order valence-corrected chi connectivity index (χ2v) is 7.08. The maximum atomic E-state index is 12.6. The van der Waals surface area contributed by atoms with Crippen molar-refractivity contribution in [1.29, 1.82) is 0 Å². The minimum absolute atomic E-state index is 0.293. The van der Waals surface area contributed by atoms with Crippen LogP contribution in [0.4, 0.5) is 5.95 Å². The Morgan fingerprint density at radius 3 is 2.80 bits per heavy atom. The minimum atomic E-state index is 0.293. The van der Waals surface area contributed by atoms with Gasteiger partial charge in [-0.3, -0.25) is 9.48 Å². The highest BCUT2D eigenvalue weighted by Gasteiger charge is 2.30. The van der Waals surface area contributed by atoms with E-state index in [9.17, 15) is 4.79 Å². The number of amides is 1. The summed E-state index contributed by atoms with van der Waals surface area (Å²) in [6.45, 7) is 3.12. The average Bonchev–Trinajstić information content (AvgIpc) is 3.37. The zero-order valence-corrected chi connectivity index (χ0v) is 14.3. The van der Waals surface area contributed by atoms with Crippen molar-refractivity contribution >= 4 is 11.9 Å². The largest absolute Gasteiger partial charge is 0.354 e. The predicted molar refractivity (Wildman–Crippen MR) is 93.6 cm³/mol. The van der Waals surface area contributed by atoms with Crippen molar-refractivity contribution in [2.24, 2.45) is 11.8 Å². The molecule has 1 unspecified atom stereocenters. The maximum Gasteiger partial charge on any atom is 0.223 e. The SMILES string of the molecule is O=C(CC1CC1)N1Cc2ccnn2CC(CCNc2ncccn2)C1. The number of anilines is 1. The molecule has 1 saturated carbocycles. The standard InChI is InChI=1S/C18H24N6O/c25-17(10-14-2-3-14)23-11-15(12-24-16(13-23)5-9-22-24)4-8-21-18-19-6-1-7-20-18/h1,5-7,9,14-15H,2-4,8,10-13H2,(H,19,20,21). The molecule has 1 aliphatic heterocycles. The molecule has 1 atom stereocenters. The lowest BCUT2D eigenvalue weighted by Gasteiger charge is -2.24. The first-order chi connectivity index (χ1) is 12.3. The van der Waals surface area contributed by atoms with Gasteiger partial charge in [-0.05, 0) is 43.2 Å². The molecule has 0 aromatic carbocycles. The van der Waals surface area contributed by atoms with Gasteiger partial charge in [-0.15, -0.1) is 0 Å². The van der Waals surface area contributed by atoms with Gasteiger partial charge in [0, 0.05) is 44.6 Å². The van der Waals surface area contributed by atoms with Gasteiger partial charge in [0.2, 0.25) is 11.9 Å². The highest BCUT2D eigenvalue weighted by atomic mass is 16.2. The summed E-state index contributed by atoms with van der Waals surface area (Å²) >= 11 is 0. The Bertz CT molecular complexity index is 711. The summed E-state index contributed by atoms with van der Waals surface area (Å²) in [4.78, 5) is 23.0. The predicted octanol–water partition coefficient (Wildman–Crippen LogP) is 1.93. The molecule has 2 aromatic heterocycles. The molecule has 7 nitrogen and oxygen atoms in total. The summed E-state index contributed by atoms with van der Waals surface area (Å²) in [6, 6.07) is 3.83. The molecule has 3 heterocycles. The van der Waals surface area contributed by atoms with Gasteiger partial charge < -0.3 is 10.2 Å². The fourth-order valence-electron chi connectivity index (χ4n) is 3.38. The van der Waals surface area contributed by atoms with Gasteiger partial charge in [-0.25, -0.2) is 9.97 Å². The fraction of sp³-hybridized carbons (Fsp3) is 0.556. The number of nitrogens with zero attached hydrogens (tertiary/aromatic N) is 5. The van der Waals surface area contributed by atoms with Crippen LogP contribution in [0.15, 0.2) is 30.7 Å². The number of fused-ring (bicyclic) bond motifs is 1. The highest BCUT2D eigenvalue weighted by molar-refractivity contribution is 5.76. The number of carbonyl (C=O) groups excluding carboxylic acids is 1. The monoisotopic (exact) mass is 340 g/mol. The van der Waals surface area contributed by atoms with Gasteiger partial charge in [-0.2, -0.15) is 5.10 Å². The Labute approximate surface area is 147 Å². The summed E-state index contributed by atoms with van der Waals surface area (Å²) in [5.41, 5.74) is 1.13. The molecule has 2 aromatic rings. The van der Waals surface area contributed by atoms with Crippen LogP contribution in [0.25, 0.3) is 0 Å². The first kappa shape index (κ1) is 16.1. The number of rotatable bonds is 6. The molecule has 4 rings (SSSR count). The Kier molecular flexibility index (Phi) is 4.63. The van der Waals surface area contributed by atoms with Gasteiger partial charge in [-0.1, -0.05) is 0 Å². The van der Waals surface area contributed by atoms with Crippen LogP contribution >= 0.6 is 0 Å². The molecule has 2 aliphatic rings. The fourth-order valence-corrected chi connectivity index (χ4v) is 3.38. The number of aromatic nitrogens is 4. The van der Waals surface area contributed by atoms with Crippen LogP contribution < -0.4 is 5.32 Å². The lowest BCUT2D eigenvalue weighted by molar-refractivity contribution is -0.132. The maximum absolute atomic E-state index is 12.6.